The maximum absolute atomic E-state index is 12.2. The fraction of sp³-hybridized carbons (Fsp3) is 0.500. The van der Waals surface area contributed by atoms with E-state index in [1.54, 1.807) is 18.9 Å². The zero-order valence-corrected chi connectivity index (χ0v) is 13.2. The Morgan fingerprint density at radius 1 is 1.37 bits per heavy atom. The van der Waals surface area contributed by atoms with E-state index in [1.807, 2.05) is 31.2 Å². The Kier molecular flexibility index (Phi) is 7.42. The van der Waals surface area contributed by atoms with Crippen LogP contribution >= 0.6 is 24.0 Å². The summed E-state index contributed by atoms with van der Waals surface area (Å²) in [6, 6.07) is 7.48. The van der Waals surface area contributed by atoms with E-state index in [-0.39, 0.29) is 18.3 Å². The molecule has 108 valence electrons. The van der Waals surface area contributed by atoms with Crippen LogP contribution in [0.15, 0.2) is 24.3 Å². The number of carbonyl (C=O) groups excluding carboxylic acids is 1. The summed E-state index contributed by atoms with van der Waals surface area (Å²) in [5.41, 5.74) is 6.30. The molecule has 0 radical (unpaired) electrons. The monoisotopic (exact) mass is 304 g/mol. The van der Waals surface area contributed by atoms with E-state index in [1.165, 1.54) is 0 Å². The third kappa shape index (κ3) is 5.39. The van der Waals surface area contributed by atoms with Crippen molar-refractivity contribution in [3.63, 3.8) is 0 Å². The number of hydrogen-bond acceptors (Lipinski definition) is 2. The van der Waals surface area contributed by atoms with Crippen LogP contribution in [0.1, 0.15) is 32.3 Å². The van der Waals surface area contributed by atoms with Crippen LogP contribution in [0.3, 0.4) is 0 Å². The number of halogens is 2. The summed E-state index contributed by atoms with van der Waals surface area (Å²) in [5.74, 6) is -0.0284. The van der Waals surface area contributed by atoms with Crippen LogP contribution in [0, 0.1) is 0 Å². The second-order valence-corrected chi connectivity index (χ2v) is 5.39. The quantitative estimate of drug-likeness (QED) is 0.908. The molecule has 1 rings (SSSR count). The van der Waals surface area contributed by atoms with Gasteiger partial charge in [-0.15, -0.1) is 12.4 Å². The molecule has 0 aliphatic rings. The summed E-state index contributed by atoms with van der Waals surface area (Å²) in [5, 5.41) is 0.697. The van der Waals surface area contributed by atoms with Crippen molar-refractivity contribution in [3.8, 4) is 0 Å². The van der Waals surface area contributed by atoms with Crippen LogP contribution < -0.4 is 5.73 Å². The van der Waals surface area contributed by atoms with Gasteiger partial charge in [0.2, 0.25) is 5.91 Å². The first-order valence-corrected chi connectivity index (χ1v) is 6.53. The number of carbonyl (C=O) groups is 1. The molecule has 1 aromatic carbocycles. The maximum Gasteiger partial charge on any atom is 0.242 e. The molecule has 1 amide bonds. The van der Waals surface area contributed by atoms with E-state index in [2.05, 4.69) is 0 Å². The topological polar surface area (TPSA) is 46.3 Å². The van der Waals surface area contributed by atoms with E-state index in [0.29, 0.717) is 18.0 Å². The van der Waals surface area contributed by atoms with Gasteiger partial charge in [-0.2, -0.15) is 0 Å². The third-order valence-corrected chi connectivity index (χ3v) is 3.19. The van der Waals surface area contributed by atoms with E-state index in [9.17, 15) is 4.79 Å². The molecular formula is C14H22Cl2N2O. The van der Waals surface area contributed by atoms with E-state index >= 15 is 0 Å². The van der Waals surface area contributed by atoms with Crippen LogP contribution in [-0.4, -0.2) is 23.4 Å². The van der Waals surface area contributed by atoms with E-state index in [0.717, 1.165) is 12.0 Å². The number of amides is 1. The first-order valence-electron chi connectivity index (χ1n) is 6.15. The van der Waals surface area contributed by atoms with E-state index in [4.69, 9.17) is 17.3 Å². The van der Waals surface area contributed by atoms with Gasteiger partial charge in [-0.25, -0.2) is 0 Å². The smallest absolute Gasteiger partial charge is 0.242 e. The summed E-state index contributed by atoms with van der Waals surface area (Å²) in [6.45, 7) is 4.36. The molecule has 0 aliphatic carbocycles. The molecule has 0 saturated heterocycles. The van der Waals surface area contributed by atoms with Gasteiger partial charge in [-0.05, 0) is 31.0 Å². The predicted octanol–water partition coefficient (Wildman–Crippen LogP) is 3.24. The van der Waals surface area contributed by atoms with Gasteiger partial charge in [0.15, 0.2) is 0 Å². The Morgan fingerprint density at radius 2 is 1.89 bits per heavy atom. The highest BCUT2D eigenvalue weighted by Crippen LogP contribution is 2.15. The number of nitrogens with two attached hydrogens (primary N) is 1. The highest BCUT2D eigenvalue weighted by atomic mass is 35.5. The molecule has 0 heterocycles. The second-order valence-electron chi connectivity index (χ2n) is 4.96. The fourth-order valence-electron chi connectivity index (χ4n) is 2.00. The first-order chi connectivity index (χ1) is 8.36. The normalized spacial score (nSPS) is 13.3. The summed E-state index contributed by atoms with van der Waals surface area (Å²) < 4.78 is 0. The molecule has 0 fully saturated rings. The minimum Gasteiger partial charge on any atom is -0.340 e. The van der Waals surface area contributed by atoms with Gasteiger partial charge in [0.1, 0.15) is 0 Å². The van der Waals surface area contributed by atoms with Gasteiger partial charge in [-0.1, -0.05) is 37.1 Å². The molecule has 1 aromatic rings. The zero-order chi connectivity index (χ0) is 13.8. The standard InChI is InChI=1S/C14H21ClN2O.ClH/c1-4-9-14(2,16)13(18)17(3)10-11-5-7-12(15)8-6-11;/h5-8H,4,9-10,16H2,1-3H3;1H. The average molecular weight is 305 g/mol. The van der Waals surface area contributed by atoms with Gasteiger partial charge in [0.25, 0.3) is 0 Å². The number of nitrogens with zero attached hydrogens (tertiary/aromatic N) is 1. The van der Waals surface area contributed by atoms with Crippen LogP contribution in [0.2, 0.25) is 5.02 Å². The first kappa shape index (κ1) is 18.2. The minimum atomic E-state index is -0.782. The lowest BCUT2D eigenvalue weighted by Gasteiger charge is -2.29. The summed E-state index contributed by atoms with van der Waals surface area (Å²) in [7, 11) is 1.78. The lowest BCUT2D eigenvalue weighted by atomic mass is 9.96. The van der Waals surface area contributed by atoms with Crippen LogP contribution in [0.25, 0.3) is 0 Å². The molecule has 0 aromatic heterocycles. The molecule has 5 heteroatoms. The fourth-order valence-corrected chi connectivity index (χ4v) is 2.12. The van der Waals surface area contributed by atoms with Crippen molar-refractivity contribution in [1.29, 1.82) is 0 Å². The van der Waals surface area contributed by atoms with Crippen LogP contribution in [-0.2, 0) is 11.3 Å². The van der Waals surface area contributed by atoms with Crippen LogP contribution in [0.4, 0.5) is 0 Å². The van der Waals surface area contributed by atoms with Gasteiger partial charge < -0.3 is 10.6 Å². The largest absolute Gasteiger partial charge is 0.340 e. The van der Waals surface area contributed by atoms with Crippen molar-refractivity contribution in [2.24, 2.45) is 5.73 Å². The third-order valence-electron chi connectivity index (χ3n) is 2.94. The number of hydrogen-bond donors (Lipinski definition) is 1. The van der Waals surface area contributed by atoms with Crippen molar-refractivity contribution >= 4 is 29.9 Å². The summed E-state index contributed by atoms with van der Waals surface area (Å²) in [4.78, 5) is 13.9. The van der Waals surface area contributed by atoms with Crippen LogP contribution in [0.5, 0.6) is 0 Å². The Morgan fingerprint density at radius 3 is 2.37 bits per heavy atom. The second kappa shape index (κ2) is 7.73. The average Bonchev–Trinajstić information content (AvgIpc) is 2.31. The minimum absolute atomic E-state index is 0. The lowest BCUT2D eigenvalue weighted by Crippen LogP contribution is -2.51. The molecular weight excluding hydrogens is 283 g/mol. The highest BCUT2D eigenvalue weighted by molar-refractivity contribution is 6.30. The number of benzene rings is 1. The summed E-state index contributed by atoms with van der Waals surface area (Å²) in [6.07, 6.45) is 1.59. The van der Waals surface area contributed by atoms with Crippen molar-refractivity contribution < 1.29 is 4.79 Å². The zero-order valence-electron chi connectivity index (χ0n) is 11.6. The molecule has 1 unspecified atom stereocenters. The van der Waals surface area contributed by atoms with Crippen molar-refractivity contribution in [3.05, 3.63) is 34.9 Å². The molecule has 0 bridgehead atoms. The number of rotatable bonds is 5. The van der Waals surface area contributed by atoms with Crippen molar-refractivity contribution in [2.45, 2.75) is 38.8 Å². The predicted molar refractivity (Wildman–Crippen MR) is 82.7 cm³/mol. The Labute approximate surface area is 126 Å². The Balaban J connectivity index is 0.00000324. The highest BCUT2D eigenvalue weighted by Gasteiger charge is 2.29. The lowest BCUT2D eigenvalue weighted by molar-refractivity contribution is -0.135. The SMILES string of the molecule is CCCC(C)(N)C(=O)N(C)Cc1ccc(Cl)cc1.Cl. The maximum atomic E-state index is 12.2. The van der Waals surface area contributed by atoms with Gasteiger partial charge in [0.05, 0.1) is 5.54 Å². The Hall–Kier alpha value is -0.770. The molecule has 1 atom stereocenters. The number of likely N-dealkylation sites (N-methyl/N-ethyl adjacent to an activating group) is 1. The summed E-state index contributed by atoms with van der Waals surface area (Å²) >= 11 is 5.82. The Bertz CT molecular complexity index is 404. The molecule has 0 spiro atoms. The molecule has 0 saturated carbocycles. The van der Waals surface area contributed by atoms with E-state index < -0.39 is 5.54 Å². The molecule has 3 nitrogen and oxygen atoms in total. The van der Waals surface area contributed by atoms with Crippen molar-refractivity contribution in [2.75, 3.05) is 7.05 Å². The van der Waals surface area contributed by atoms with Gasteiger partial charge in [-0.3, -0.25) is 4.79 Å². The molecule has 0 aliphatic heterocycles. The van der Waals surface area contributed by atoms with Gasteiger partial charge in [0, 0.05) is 18.6 Å². The molecule has 19 heavy (non-hydrogen) atoms. The van der Waals surface area contributed by atoms with Crippen molar-refractivity contribution in [1.82, 2.24) is 4.90 Å². The molecule has 2 N–H and O–H groups in total. The van der Waals surface area contributed by atoms with Gasteiger partial charge >= 0.3 is 0 Å².